The van der Waals surface area contributed by atoms with Crippen LogP contribution in [0.4, 0.5) is 11.8 Å². The predicted octanol–water partition coefficient (Wildman–Crippen LogP) is 1.33. The number of anilines is 2. The molecule has 2 aliphatic heterocycles. The molecule has 150 valence electrons. The van der Waals surface area contributed by atoms with Crippen molar-refractivity contribution >= 4 is 22.9 Å². The van der Waals surface area contributed by atoms with Crippen molar-refractivity contribution in [3.8, 4) is 0 Å². The van der Waals surface area contributed by atoms with Gasteiger partial charge >= 0.3 is 0 Å². The monoisotopic (exact) mass is 402 g/mol. The van der Waals surface area contributed by atoms with Crippen molar-refractivity contribution in [2.24, 2.45) is 0 Å². The van der Waals surface area contributed by atoms with Gasteiger partial charge in [0.25, 0.3) is 0 Å². The zero-order chi connectivity index (χ0) is 19.1. The molecule has 0 radical (unpaired) electrons. The number of rotatable bonds is 5. The van der Waals surface area contributed by atoms with Crippen LogP contribution in [0.5, 0.6) is 0 Å². The second kappa shape index (κ2) is 7.20. The van der Waals surface area contributed by atoms with Gasteiger partial charge in [-0.05, 0) is 36.9 Å². The number of aromatic amines is 1. The van der Waals surface area contributed by atoms with Crippen LogP contribution in [0.15, 0.2) is 12.5 Å². The quantitative estimate of drug-likeness (QED) is 0.647. The molecule has 1 saturated heterocycles. The summed E-state index contributed by atoms with van der Waals surface area (Å²) >= 11 is -0.861. The van der Waals surface area contributed by atoms with Gasteiger partial charge in [0.15, 0.2) is 0 Å². The summed E-state index contributed by atoms with van der Waals surface area (Å²) < 4.78 is 12.1. The molecule has 0 spiro atoms. The van der Waals surface area contributed by atoms with E-state index in [1.807, 2.05) is 6.20 Å². The Balaban J connectivity index is 1.39. The number of fused-ring (bicyclic) bond motifs is 1. The fourth-order valence-corrected chi connectivity index (χ4v) is 5.35. The number of aliphatic hydroxyl groups is 1. The van der Waals surface area contributed by atoms with Crippen molar-refractivity contribution in [3.05, 3.63) is 29.5 Å². The van der Waals surface area contributed by atoms with Gasteiger partial charge in [0.2, 0.25) is 5.95 Å². The van der Waals surface area contributed by atoms with Crippen LogP contribution < -0.4 is 10.2 Å². The smallest absolute Gasteiger partial charge is 0.227 e. The maximum absolute atomic E-state index is 12.1. The molecule has 4 heterocycles. The molecule has 0 aromatic carbocycles. The number of H-pyrrole nitrogens is 1. The zero-order valence-electron chi connectivity index (χ0n) is 15.9. The molecule has 0 unspecified atom stereocenters. The van der Waals surface area contributed by atoms with E-state index in [-0.39, 0.29) is 12.1 Å². The summed E-state index contributed by atoms with van der Waals surface area (Å²) in [5.74, 6) is 3.16. The number of aliphatic hydroxyl groups excluding tert-OH is 1. The largest absolute Gasteiger partial charge is 0.616 e. The summed E-state index contributed by atoms with van der Waals surface area (Å²) in [5, 5.41) is 13.2. The van der Waals surface area contributed by atoms with Crippen LogP contribution in [0.2, 0.25) is 0 Å². The molecule has 2 fully saturated rings. The molecule has 2 aromatic heterocycles. The Morgan fingerprint density at radius 3 is 2.82 bits per heavy atom. The summed E-state index contributed by atoms with van der Waals surface area (Å²) in [5.41, 5.74) is 2.86. The molecule has 1 aliphatic carbocycles. The first-order chi connectivity index (χ1) is 13.7. The zero-order valence-corrected chi connectivity index (χ0v) is 16.7. The van der Waals surface area contributed by atoms with Gasteiger partial charge in [0.1, 0.15) is 17.3 Å². The van der Waals surface area contributed by atoms with Crippen molar-refractivity contribution < 1.29 is 9.66 Å². The molecule has 1 saturated carbocycles. The van der Waals surface area contributed by atoms with Crippen molar-refractivity contribution in [2.45, 2.75) is 49.3 Å². The van der Waals surface area contributed by atoms with E-state index in [0.29, 0.717) is 17.4 Å². The standard InChI is InChI=1S/C19H26N6O2S/c26-11-19(4-5-19)24-17-14-10-28(27)8-3-15(14)22-18(23-17)25-6-1-13(2-7-25)16-9-20-12-21-16/h9,12-13,26H,1-8,10-11H2,(H,20,21)(H,22,23,24)/t28-/m0/s1. The summed E-state index contributed by atoms with van der Waals surface area (Å²) in [4.78, 5) is 19.4. The van der Waals surface area contributed by atoms with Crippen LogP contribution in [0, 0.1) is 0 Å². The van der Waals surface area contributed by atoms with E-state index < -0.39 is 11.2 Å². The Morgan fingerprint density at radius 1 is 1.32 bits per heavy atom. The summed E-state index contributed by atoms with van der Waals surface area (Å²) in [6, 6.07) is 0. The minimum atomic E-state index is -0.861. The van der Waals surface area contributed by atoms with Crippen molar-refractivity contribution in [2.75, 3.05) is 35.7 Å². The van der Waals surface area contributed by atoms with Crippen LogP contribution in [-0.2, 0) is 23.3 Å². The number of aromatic nitrogens is 4. The van der Waals surface area contributed by atoms with Gasteiger partial charge in [-0.25, -0.2) is 9.97 Å². The average Bonchev–Trinajstić information content (AvgIpc) is 3.28. The lowest BCUT2D eigenvalue weighted by Gasteiger charge is -2.33. The lowest BCUT2D eigenvalue weighted by molar-refractivity contribution is 0.266. The molecular weight excluding hydrogens is 376 g/mol. The Labute approximate surface area is 167 Å². The summed E-state index contributed by atoms with van der Waals surface area (Å²) in [6.45, 7) is 1.89. The molecule has 8 nitrogen and oxygen atoms in total. The molecular formula is C19H26N6O2S. The molecule has 0 bridgehead atoms. The number of aryl methyl sites for hydroxylation is 1. The summed E-state index contributed by atoms with van der Waals surface area (Å²) in [7, 11) is 0. The average molecular weight is 403 g/mol. The van der Waals surface area contributed by atoms with Gasteiger partial charge in [-0.3, -0.25) is 0 Å². The van der Waals surface area contributed by atoms with Gasteiger partial charge in [-0.1, -0.05) is 0 Å². The highest BCUT2D eigenvalue weighted by atomic mass is 32.2. The van der Waals surface area contributed by atoms with E-state index in [0.717, 1.165) is 73.9 Å². The number of piperidine rings is 1. The van der Waals surface area contributed by atoms with E-state index in [1.54, 1.807) is 6.33 Å². The number of imidazole rings is 1. The van der Waals surface area contributed by atoms with Crippen LogP contribution in [0.3, 0.4) is 0 Å². The third kappa shape index (κ3) is 3.46. The Morgan fingerprint density at radius 2 is 2.14 bits per heavy atom. The molecule has 5 rings (SSSR count). The van der Waals surface area contributed by atoms with Gasteiger partial charge in [0, 0.05) is 31.6 Å². The Hall–Kier alpha value is -1.84. The predicted molar refractivity (Wildman–Crippen MR) is 108 cm³/mol. The molecule has 3 aliphatic rings. The van der Waals surface area contributed by atoms with Crippen molar-refractivity contribution in [3.63, 3.8) is 0 Å². The van der Waals surface area contributed by atoms with Crippen molar-refractivity contribution in [1.29, 1.82) is 0 Å². The van der Waals surface area contributed by atoms with E-state index >= 15 is 0 Å². The maximum Gasteiger partial charge on any atom is 0.227 e. The Kier molecular flexibility index (Phi) is 4.68. The highest BCUT2D eigenvalue weighted by molar-refractivity contribution is 7.90. The lowest BCUT2D eigenvalue weighted by Crippen LogP contribution is -2.36. The lowest BCUT2D eigenvalue weighted by atomic mass is 9.94. The molecule has 9 heteroatoms. The summed E-state index contributed by atoms with van der Waals surface area (Å²) in [6.07, 6.45) is 8.39. The van der Waals surface area contributed by atoms with Gasteiger partial charge in [0.05, 0.1) is 35.4 Å². The van der Waals surface area contributed by atoms with E-state index in [1.165, 1.54) is 0 Å². The third-order valence-corrected chi connectivity index (χ3v) is 7.48. The van der Waals surface area contributed by atoms with Crippen LogP contribution in [0.25, 0.3) is 0 Å². The highest BCUT2D eigenvalue weighted by Crippen LogP contribution is 2.40. The van der Waals surface area contributed by atoms with E-state index in [9.17, 15) is 9.66 Å². The number of hydrogen-bond acceptors (Lipinski definition) is 7. The third-order valence-electron chi connectivity index (χ3n) is 6.21. The Bertz CT molecular complexity index is 833. The van der Waals surface area contributed by atoms with E-state index in [4.69, 9.17) is 9.97 Å². The SMILES string of the molecule is [O-][S@@+]1CCc2nc(N3CCC(c4c[nH]cn4)CC3)nc(NC3(CO)CC3)c2C1. The van der Waals surface area contributed by atoms with Crippen LogP contribution >= 0.6 is 0 Å². The number of nitrogens with zero attached hydrogens (tertiary/aromatic N) is 4. The van der Waals surface area contributed by atoms with Gasteiger partial charge in [-0.2, -0.15) is 4.98 Å². The van der Waals surface area contributed by atoms with Crippen LogP contribution in [-0.4, -0.2) is 60.6 Å². The van der Waals surface area contributed by atoms with Gasteiger partial charge < -0.3 is 24.9 Å². The minimum Gasteiger partial charge on any atom is -0.616 e. The van der Waals surface area contributed by atoms with Gasteiger partial charge in [-0.15, -0.1) is 0 Å². The molecule has 3 N–H and O–H groups in total. The normalized spacial score (nSPS) is 24.1. The second-order valence-electron chi connectivity index (χ2n) is 8.15. The first-order valence-corrected chi connectivity index (χ1v) is 11.5. The number of nitrogens with one attached hydrogen (secondary N) is 2. The molecule has 2 aromatic rings. The second-order valence-corrected chi connectivity index (χ2v) is 9.73. The highest BCUT2D eigenvalue weighted by Gasteiger charge is 2.43. The fraction of sp³-hybridized carbons (Fsp3) is 0.632. The fourth-order valence-electron chi connectivity index (χ4n) is 4.16. The van der Waals surface area contributed by atoms with E-state index in [2.05, 4.69) is 20.2 Å². The van der Waals surface area contributed by atoms with Crippen molar-refractivity contribution in [1.82, 2.24) is 19.9 Å². The molecule has 0 amide bonds. The maximum atomic E-state index is 12.1. The topological polar surface area (TPSA) is 113 Å². The number of hydrogen-bond donors (Lipinski definition) is 3. The molecule has 28 heavy (non-hydrogen) atoms. The van der Waals surface area contributed by atoms with Crippen LogP contribution in [0.1, 0.15) is 48.6 Å². The first-order valence-electron chi connectivity index (χ1n) is 10.0. The first kappa shape index (κ1) is 18.2. The molecule has 1 atom stereocenters. The minimum absolute atomic E-state index is 0.0965.